The van der Waals surface area contributed by atoms with Crippen molar-refractivity contribution < 1.29 is 4.79 Å². The summed E-state index contributed by atoms with van der Waals surface area (Å²) in [4.78, 5) is 11.5. The first kappa shape index (κ1) is 13.2. The van der Waals surface area contributed by atoms with Crippen molar-refractivity contribution in [2.75, 3.05) is 12.0 Å². The van der Waals surface area contributed by atoms with Crippen molar-refractivity contribution in [3.63, 3.8) is 0 Å². The van der Waals surface area contributed by atoms with Crippen molar-refractivity contribution in [1.82, 2.24) is 5.32 Å². The molecule has 0 fully saturated rings. The highest BCUT2D eigenvalue weighted by molar-refractivity contribution is 7.98. The number of nitrogens with one attached hydrogen (secondary N) is 1. The van der Waals surface area contributed by atoms with Gasteiger partial charge in [0.15, 0.2) is 0 Å². The number of thiol groups is 1. The molecule has 0 aliphatic carbocycles. The van der Waals surface area contributed by atoms with Crippen LogP contribution in [0.3, 0.4) is 0 Å². The fraction of sp³-hybridized carbons (Fsp3) is 0.889. The Hall–Kier alpha value is 0.170. The summed E-state index contributed by atoms with van der Waals surface area (Å²) in [6.45, 7) is 6.00. The average molecular weight is 221 g/mol. The smallest absolute Gasteiger partial charge is 0.233 e. The summed E-state index contributed by atoms with van der Waals surface area (Å²) in [5, 5.41) is 2.74. The largest absolute Gasteiger partial charge is 0.352 e. The molecule has 0 spiro atoms. The van der Waals surface area contributed by atoms with E-state index in [9.17, 15) is 4.79 Å². The molecule has 0 aromatic carbocycles. The SMILES string of the molecule is CSCC(C)NC(=O)C(S)C(C)C. The Morgan fingerprint density at radius 3 is 2.38 bits per heavy atom. The van der Waals surface area contributed by atoms with Crippen molar-refractivity contribution in [1.29, 1.82) is 0 Å². The van der Waals surface area contributed by atoms with E-state index < -0.39 is 0 Å². The monoisotopic (exact) mass is 221 g/mol. The van der Waals surface area contributed by atoms with Gasteiger partial charge in [0, 0.05) is 11.8 Å². The predicted octanol–water partition coefficient (Wildman–Crippen LogP) is 1.81. The van der Waals surface area contributed by atoms with E-state index in [1.807, 2.05) is 27.0 Å². The molecule has 0 bridgehead atoms. The summed E-state index contributed by atoms with van der Waals surface area (Å²) in [6, 6.07) is 0.232. The van der Waals surface area contributed by atoms with Crippen LogP contribution >= 0.6 is 24.4 Å². The van der Waals surface area contributed by atoms with E-state index in [0.29, 0.717) is 0 Å². The van der Waals surface area contributed by atoms with E-state index in [0.717, 1.165) is 5.75 Å². The summed E-state index contributed by atoms with van der Waals surface area (Å²) in [6.07, 6.45) is 2.03. The standard InChI is InChI=1S/C9H19NOS2/c1-6(2)8(12)9(11)10-7(3)5-13-4/h6-8,12H,5H2,1-4H3,(H,10,11). The van der Waals surface area contributed by atoms with Crippen LogP contribution < -0.4 is 5.32 Å². The fourth-order valence-electron chi connectivity index (χ4n) is 0.923. The zero-order valence-corrected chi connectivity index (χ0v) is 10.4. The number of carbonyl (C=O) groups is 1. The second-order valence-electron chi connectivity index (χ2n) is 3.55. The minimum absolute atomic E-state index is 0.0416. The van der Waals surface area contributed by atoms with Gasteiger partial charge in [-0.25, -0.2) is 0 Å². The zero-order valence-electron chi connectivity index (χ0n) is 8.70. The number of hydrogen-bond acceptors (Lipinski definition) is 3. The maximum absolute atomic E-state index is 11.5. The third-order valence-electron chi connectivity index (χ3n) is 1.71. The van der Waals surface area contributed by atoms with E-state index in [1.165, 1.54) is 0 Å². The number of carbonyl (C=O) groups excluding carboxylic acids is 1. The molecule has 1 amide bonds. The van der Waals surface area contributed by atoms with E-state index in [-0.39, 0.29) is 23.1 Å². The molecule has 2 unspecified atom stereocenters. The maximum atomic E-state index is 11.5. The Morgan fingerprint density at radius 1 is 1.46 bits per heavy atom. The first-order valence-corrected chi connectivity index (χ1v) is 6.37. The van der Waals surface area contributed by atoms with Gasteiger partial charge in [-0.3, -0.25) is 4.79 Å². The molecule has 0 saturated heterocycles. The highest BCUT2D eigenvalue weighted by Gasteiger charge is 2.18. The van der Waals surface area contributed by atoms with E-state index in [4.69, 9.17) is 0 Å². The lowest BCUT2D eigenvalue weighted by atomic mass is 10.1. The lowest BCUT2D eigenvalue weighted by Gasteiger charge is -2.18. The second kappa shape index (κ2) is 6.60. The quantitative estimate of drug-likeness (QED) is 0.693. The molecule has 78 valence electrons. The summed E-state index contributed by atoms with van der Waals surface area (Å²) in [5.74, 6) is 1.27. The molecule has 0 aromatic heterocycles. The Labute approximate surface area is 90.6 Å². The van der Waals surface area contributed by atoms with E-state index in [1.54, 1.807) is 11.8 Å². The van der Waals surface area contributed by atoms with Crippen LogP contribution in [0.5, 0.6) is 0 Å². The molecule has 0 radical (unpaired) electrons. The molecule has 0 saturated carbocycles. The molecular formula is C9H19NOS2. The van der Waals surface area contributed by atoms with Crippen molar-refractivity contribution >= 4 is 30.3 Å². The average Bonchev–Trinajstić information content (AvgIpc) is 2.03. The second-order valence-corrected chi connectivity index (χ2v) is 5.02. The molecule has 1 N–H and O–H groups in total. The molecule has 2 atom stereocenters. The lowest BCUT2D eigenvalue weighted by molar-refractivity contribution is -0.121. The minimum Gasteiger partial charge on any atom is -0.352 e. The highest BCUT2D eigenvalue weighted by atomic mass is 32.2. The molecule has 13 heavy (non-hydrogen) atoms. The maximum Gasteiger partial charge on any atom is 0.233 e. The van der Waals surface area contributed by atoms with Crippen LogP contribution in [0.2, 0.25) is 0 Å². The van der Waals surface area contributed by atoms with E-state index >= 15 is 0 Å². The summed E-state index contributed by atoms with van der Waals surface area (Å²) < 4.78 is 0. The van der Waals surface area contributed by atoms with Crippen LogP contribution in [-0.2, 0) is 4.79 Å². The highest BCUT2D eigenvalue weighted by Crippen LogP contribution is 2.09. The van der Waals surface area contributed by atoms with Crippen molar-refractivity contribution in [3.05, 3.63) is 0 Å². The molecule has 4 heteroatoms. The molecule has 0 rings (SSSR count). The van der Waals surface area contributed by atoms with Crippen molar-refractivity contribution in [2.45, 2.75) is 32.1 Å². The molecule has 0 aliphatic heterocycles. The normalized spacial score (nSPS) is 15.5. The van der Waals surface area contributed by atoms with Gasteiger partial charge in [0.05, 0.1) is 5.25 Å². The first-order valence-electron chi connectivity index (χ1n) is 4.46. The molecular weight excluding hydrogens is 202 g/mol. The van der Waals surface area contributed by atoms with Crippen LogP contribution in [0, 0.1) is 5.92 Å². The van der Waals surface area contributed by atoms with Gasteiger partial charge in [0.1, 0.15) is 0 Å². The summed E-state index contributed by atoms with van der Waals surface area (Å²) in [5.41, 5.74) is 0. The predicted molar refractivity (Wildman–Crippen MR) is 63.6 cm³/mol. The Balaban J connectivity index is 3.85. The number of hydrogen-bond donors (Lipinski definition) is 2. The third-order valence-corrected chi connectivity index (χ3v) is 3.37. The van der Waals surface area contributed by atoms with Crippen molar-refractivity contribution in [2.24, 2.45) is 5.92 Å². The zero-order chi connectivity index (χ0) is 10.4. The molecule has 2 nitrogen and oxygen atoms in total. The molecule has 0 aromatic rings. The van der Waals surface area contributed by atoms with Crippen molar-refractivity contribution in [3.8, 4) is 0 Å². The van der Waals surface area contributed by atoms with Gasteiger partial charge >= 0.3 is 0 Å². The topological polar surface area (TPSA) is 29.1 Å². The Kier molecular flexibility index (Phi) is 6.68. The van der Waals surface area contributed by atoms with Crippen LogP contribution in [0.4, 0.5) is 0 Å². The van der Waals surface area contributed by atoms with Gasteiger partial charge < -0.3 is 5.32 Å². The number of amides is 1. The third kappa shape index (κ3) is 5.47. The molecule has 0 heterocycles. The minimum atomic E-state index is -0.190. The van der Waals surface area contributed by atoms with E-state index in [2.05, 4.69) is 17.9 Å². The fourth-order valence-corrected chi connectivity index (χ4v) is 1.58. The first-order chi connectivity index (χ1) is 5.99. The number of thioether (sulfide) groups is 1. The van der Waals surface area contributed by atoms with Gasteiger partial charge in [-0.1, -0.05) is 13.8 Å². The molecule has 0 aliphatic rings. The van der Waals surface area contributed by atoms with Gasteiger partial charge in [-0.15, -0.1) is 0 Å². The summed E-state index contributed by atoms with van der Waals surface area (Å²) in [7, 11) is 0. The van der Waals surface area contributed by atoms with Gasteiger partial charge in [0.2, 0.25) is 5.91 Å². The Morgan fingerprint density at radius 2 is 2.00 bits per heavy atom. The summed E-state index contributed by atoms with van der Waals surface area (Å²) >= 11 is 5.98. The van der Waals surface area contributed by atoms with Gasteiger partial charge in [-0.05, 0) is 19.1 Å². The lowest BCUT2D eigenvalue weighted by Crippen LogP contribution is -2.40. The van der Waals surface area contributed by atoms with Crippen LogP contribution in [0.1, 0.15) is 20.8 Å². The van der Waals surface area contributed by atoms with Crippen LogP contribution in [0.15, 0.2) is 0 Å². The number of rotatable bonds is 5. The van der Waals surface area contributed by atoms with Crippen LogP contribution in [-0.4, -0.2) is 29.2 Å². The van der Waals surface area contributed by atoms with Gasteiger partial charge in [0.25, 0.3) is 0 Å². The van der Waals surface area contributed by atoms with Gasteiger partial charge in [-0.2, -0.15) is 24.4 Å². The Bertz CT molecular complexity index is 162. The van der Waals surface area contributed by atoms with Crippen LogP contribution in [0.25, 0.3) is 0 Å².